The molecule has 0 fully saturated rings. The van der Waals surface area contributed by atoms with Crippen molar-refractivity contribution < 1.29 is 24.6 Å². The lowest BCUT2D eigenvalue weighted by Gasteiger charge is -2.18. The predicted octanol–water partition coefficient (Wildman–Crippen LogP) is -2.00. The van der Waals surface area contributed by atoms with Crippen LogP contribution in [0, 0.1) is 0 Å². The molecule has 80 valence electrons. The fourth-order valence-electron chi connectivity index (χ4n) is 0.846. The van der Waals surface area contributed by atoms with Crippen molar-refractivity contribution in [2.75, 3.05) is 0 Å². The summed E-state index contributed by atoms with van der Waals surface area (Å²) in [4.78, 5) is 32.0. The molecule has 0 bridgehead atoms. The Hall–Kier alpha value is -1.27. The quantitative estimate of drug-likeness (QED) is 0.448. The number of carbonyl (C=O) groups is 3. The minimum absolute atomic E-state index is 0.242. The van der Waals surface area contributed by atoms with Gasteiger partial charge in [-0.15, -0.1) is 0 Å². The second-order valence-electron chi connectivity index (χ2n) is 2.89. The summed E-state index contributed by atoms with van der Waals surface area (Å²) < 4.78 is 0. The Balaban J connectivity index is 4.45. The van der Waals surface area contributed by atoms with Crippen LogP contribution in [0.4, 0.5) is 0 Å². The first-order valence-electron chi connectivity index (χ1n) is 4.02. The highest BCUT2D eigenvalue weighted by Gasteiger charge is 2.28. The SMILES string of the molecule is CC(=O)N[C@@H](C=O)[C@@H](O)C(=O)[C@@H](C)O. The summed E-state index contributed by atoms with van der Waals surface area (Å²) in [7, 11) is 0. The Labute approximate surface area is 80.9 Å². The van der Waals surface area contributed by atoms with Gasteiger partial charge in [0.25, 0.3) is 0 Å². The van der Waals surface area contributed by atoms with E-state index in [0.29, 0.717) is 0 Å². The van der Waals surface area contributed by atoms with Crippen LogP contribution in [-0.2, 0) is 14.4 Å². The van der Waals surface area contributed by atoms with Crippen molar-refractivity contribution in [3.63, 3.8) is 0 Å². The Morgan fingerprint density at radius 3 is 2.14 bits per heavy atom. The molecule has 1 amide bonds. The lowest BCUT2D eigenvalue weighted by Crippen LogP contribution is -2.49. The van der Waals surface area contributed by atoms with Crippen LogP contribution < -0.4 is 5.32 Å². The van der Waals surface area contributed by atoms with Crippen molar-refractivity contribution >= 4 is 18.0 Å². The summed E-state index contributed by atoms with van der Waals surface area (Å²) in [6.07, 6.45) is -2.84. The minimum Gasteiger partial charge on any atom is -0.386 e. The van der Waals surface area contributed by atoms with Gasteiger partial charge in [-0.25, -0.2) is 0 Å². The van der Waals surface area contributed by atoms with E-state index in [1.165, 1.54) is 6.92 Å². The van der Waals surface area contributed by atoms with Gasteiger partial charge in [0.2, 0.25) is 5.91 Å². The van der Waals surface area contributed by atoms with Gasteiger partial charge in [-0.05, 0) is 6.92 Å². The maximum absolute atomic E-state index is 11.0. The van der Waals surface area contributed by atoms with E-state index in [9.17, 15) is 19.5 Å². The van der Waals surface area contributed by atoms with Gasteiger partial charge in [0.15, 0.2) is 5.78 Å². The second kappa shape index (κ2) is 5.46. The molecule has 0 heterocycles. The molecule has 0 aliphatic heterocycles. The van der Waals surface area contributed by atoms with Crippen molar-refractivity contribution in [3.8, 4) is 0 Å². The Morgan fingerprint density at radius 1 is 1.36 bits per heavy atom. The van der Waals surface area contributed by atoms with Crippen LogP contribution in [0.25, 0.3) is 0 Å². The third-order valence-corrected chi connectivity index (χ3v) is 1.56. The molecule has 6 heteroatoms. The highest BCUT2D eigenvalue weighted by molar-refractivity contribution is 5.91. The topological polar surface area (TPSA) is 104 Å². The lowest BCUT2D eigenvalue weighted by atomic mass is 10.0. The van der Waals surface area contributed by atoms with Gasteiger partial charge in [0.05, 0.1) is 0 Å². The molecule has 0 aliphatic rings. The zero-order chi connectivity index (χ0) is 11.3. The third kappa shape index (κ3) is 3.63. The van der Waals surface area contributed by atoms with Gasteiger partial charge in [-0.1, -0.05) is 0 Å². The van der Waals surface area contributed by atoms with Gasteiger partial charge in [-0.2, -0.15) is 0 Å². The number of aliphatic hydroxyl groups is 2. The molecule has 0 saturated heterocycles. The number of aliphatic hydroxyl groups excluding tert-OH is 2. The smallest absolute Gasteiger partial charge is 0.217 e. The van der Waals surface area contributed by atoms with E-state index >= 15 is 0 Å². The van der Waals surface area contributed by atoms with Crippen LogP contribution in [-0.4, -0.2) is 46.4 Å². The second-order valence-corrected chi connectivity index (χ2v) is 2.89. The first-order valence-corrected chi connectivity index (χ1v) is 4.02. The molecule has 0 aliphatic carbocycles. The summed E-state index contributed by atoms with van der Waals surface area (Å²) in [6.45, 7) is 2.32. The number of Topliss-reactive ketones (excluding diaryl/α,β-unsaturated/α-hetero) is 1. The number of hydrogen-bond acceptors (Lipinski definition) is 5. The number of carbonyl (C=O) groups excluding carboxylic acids is 3. The van der Waals surface area contributed by atoms with Gasteiger partial charge >= 0.3 is 0 Å². The van der Waals surface area contributed by atoms with Gasteiger partial charge in [0.1, 0.15) is 24.5 Å². The van der Waals surface area contributed by atoms with E-state index in [1.807, 2.05) is 0 Å². The maximum Gasteiger partial charge on any atom is 0.217 e. The van der Waals surface area contributed by atoms with Crippen LogP contribution >= 0.6 is 0 Å². The van der Waals surface area contributed by atoms with Crippen molar-refractivity contribution in [1.29, 1.82) is 0 Å². The molecule has 3 atom stereocenters. The fourth-order valence-corrected chi connectivity index (χ4v) is 0.846. The molecule has 0 aromatic rings. The molecule has 0 unspecified atom stereocenters. The van der Waals surface area contributed by atoms with E-state index in [-0.39, 0.29) is 6.29 Å². The molecule has 0 radical (unpaired) electrons. The zero-order valence-electron chi connectivity index (χ0n) is 7.93. The Bertz CT molecular complexity index is 238. The number of amides is 1. The molecule has 3 N–H and O–H groups in total. The van der Waals surface area contributed by atoms with Crippen LogP contribution in [0.15, 0.2) is 0 Å². The fraction of sp³-hybridized carbons (Fsp3) is 0.625. The van der Waals surface area contributed by atoms with Crippen LogP contribution in [0.3, 0.4) is 0 Å². The van der Waals surface area contributed by atoms with Crippen LogP contribution in [0.5, 0.6) is 0 Å². The average Bonchev–Trinajstić information content (AvgIpc) is 2.11. The lowest BCUT2D eigenvalue weighted by molar-refractivity contribution is -0.139. The molecule has 14 heavy (non-hydrogen) atoms. The molecular formula is C8H13NO5. The van der Waals surface area contributed by atoms with E-state index in [1.54, 1.807) is 0 Å². The number of rotatable bonds is 5. The predicted molar refractivity (Wildman–Crippen MR) is 46.4 cm³/mol. The van der Waals surface area contributed by atoms with Crippen molar-refractivity contribution in [1.82, 2.24) is 5.32 Å². The standard InChI is InChI=1S/C8H13NO5/c1-4(11)7(13)8(14)6(3-10)9-5(2)12/h3-4,6,8,11,14H,1-2H3,(H,9,12)/t4-,6+,8-/m1/s1. The highest BCUT2D eigenvalue weighted by atomic mass is 16.3. The average molecular weight is 203 g/mol. The summed E-state index contributed by atoms with van der Waals surface area (Å²) in [5.74, 6) is -1.45. The minimum atomic E-state index is -1.71. The number of nitrogens with one attached hydrogen (secondary N) is 1. The Morgan fingerprint density at radius 2 is 1.86 bits per heavy atom. The van der Waals surface area contributed by atoms with Crippen LogP contribution in [0.2, 0.25) is 0 Å². The monoisotopic (exact) mass is 203 g/mol. The number of aldehydes is 1. The molecular weight excluding hydrogens is 190 g/mol. The Kier molecular flexibility index (Phi) is 4.96. The van der Waals surface area contributed by atoms with Gasteiger partial charge in [0, 0.05) is 6.92 Å². The van der Waals surface area contributed by atoms with Crippen molar-refractivity contribution in [2.45, 2.75) is 32.1 Å². The first kappa shape index (κ1) is 12.7. The number of hydrogen-bond donors (Lipinski definition) is 3. The summed E-state index contributed by atoms with van der Waals surface area (Å²) in [6, 6.07) is -1.31. The molecule has 0 saturated carbocycles. The van der Waals surface area contributed by atoms with Gasteiger partial charge < -0.3 is 20.3 Å². The first-order chi connectivity index (χ1) is 6.40. The van der Waals surface area contributed by atoms with E-state index in [2.05, 4.69) is 5.32 Å². The van der Waals surface area contributed by atoms with E-state index in [0.717, 1.165) is 6.92 Å². The maximum atomic E-state index is 11.0. The van der Waals surface area contributed by atoms with Crippen molar-refractivity contribution in [2.24, 2.45) is 0 Å². The zero-order valence-corrected chi connectivity index (χ0v) is 7.93. The van der Waals surface area contributed by atoms with E-state index < -0.39 is 29.9 Å². The molecule has 0 aromatic heterocycles. The number of ketones is 1. The summed E-state index contributed by atoms with van der Waals surface area (Å²) >= 11 is 0. The van der Waals surface area contributed by atoms with Gasteiger partial charge in [-0.3, -0.25) is 9.59 Å². The highest BCUT2D eigenvalue weighted by Crippen LogP contribution is 1.97. The molecule has 0 spiro atoms. The molecule has 0 aromatic carbocycles. The molecule has 0 rings (SSSR count). The summed E-state index contributed by atoms with van der Waals surface area (Å²) in [5, 5.41) is 20.1. The normalized spacial score (nSPS) is 16.6. The summed E-state index contributed by atoms with van der Waals surface area (Å²) in [5.41, 5.74) is 0. The van der Waals surface area contributed by atoms with Crippen LogP contribution in [0.1, 0.15) is 13.8 Å². The van der Waals surface area contributed by atoms with Crippen molar-refractivity contribution in [3.05, 3.63) is 0 Å². The van der Waals surface area contributed by atoms with E-state index in [4.69, 9.17) is 5.11 Å². The molecule has 6 nitrogen and oxygen atoms in total. The largest absolute Gasteiger partial charge is 0.386 e. The third-order valence-electron chi connectivity index (χ3n) is 1.56.